The van der Waals surface area contributed by atoms with Crippen molar-refractivity contribution in [3.05, 3.63) is 119 Å². The lowest BCUT2D eigenvalue weighted by atomic mass is 9.88. The van der Waals surface area contributed by atoms with Crippen LogP contribution in [-0.4, -0.2) is 44.6 Å². The van der Waals surface area contributed by atoms with Crippen LogP contribution in [0.25, 0.3) is 0 Å². The molecule has 0 fully saturated rings. The minimum absolute atomic E-state index is 0.165. The Kier molecular flexibility index (Phi) is 6.77. The van der Waals surface area contributed by atoms with Gasteiger partial charge in [-0.05, 0) is 35.2 Å². The predicted octanol–water partition coefficient (Wildman–Crippen LogP) is 4.20. The van der Waals surface area contributed by atoms with E-state index in [4.69, 9.17) is 4.74 Å². The van der Waals surface area contributed by atoms with Gasteiger partial charge in [0.1, 0.15) is 11.8 Å². The van der Waals surface area contributed by atoms with Gasteiger partial charge in [0.2, 0.25) is 5.91 Å². The first-order chi connectivity index (χ1) is 18.0. The fraction of sp³-hybridized carbons (Fsp3) is 0.233. The molecule has 1 aliphatic heterocycles. The second-order valence-electron chi connectivity index (χ2n) is 9.35. The summed E-state index contributed by atoms with van der Waals surface area (Å²) in [5, 5.41) is 9.87. The van der Waals surface area contributed by atoms with Gasteiger partial charge in [0.05, 0.1) is 31.6 Å². The molecule has 2 heterocycles. The maximum Gasteiger partial charge on any atom is 0.328 e. The molecule has 5 rings (SSSR count). The van der Waals surface area contributed by atoms with E-state index in [0.29, 0.717) is 13.0 Å². The molecule has 0 saturated heterocycles. The Labute approximate surface area is 216 Å². The lowest BCUT2D eigenvalue weighted by molar-refractivity contribution is -0.154. The number of nitrogens with zero attached hydrogens (tertiary/aromatic N) is 3. The highest BCUT2D eigenvalue weighted by atomic mass is 16.5. The zero-order valence-corrected chi connectivity index (χ0v) is 20.9. The van der Waals surface area contributed by atoms with E-state index < -0.39 is 17.9 Å². The molecule has 1 aliphatic rings. The van der Waals surface area contributed by atoms with Crippen molar-refractivity contribution < 1.29 is 19.4 Å². The van der Waals surface area contributed by atoms with E-state index in [1.165, 1.54) is 7.11 Å². The number of fused-ring (bicyclic) bond motifs is 1. The van der Waals surface area contributed by atoms with Crippen LogP contribution in [0.5, 0.6) is 5.75 Å². The number of hydrogen-bond donors (Lipinski definition) is 1. The zero-order valence-electron chi connectivity index (χ0n) is 20.9. The third-order valence-electron chi connectivity index (χ3n) is 7.00. The Bertz CT molecular complexity index is 1380. The van der Waals surface area contributed by atoms with E-state index in [-0.39, 0.29) is 18.2 Å². The van der Waals surface area contributed by atoms with Crippen LogP contribution >= 0.6 is 0 Å². The van der Waals surface area contributed by atoms with Crippen molar-refractivity contribution in [3.63, 3.8) is 0 Å². The molecule has 7 heteroatoms. The number of phenols is 1. The topological polar surface area (TPSA) is 84.7 Å². The minimum Gasteiger partial charge on any atom is -0.508 e. The molecule has 0 radical (unpaired) electrons. The Morgan fingerprint density at radius 1 is 1.03 bits per heavy atom. The number of ether oxygens (including phenoxy) is 1. The number of hydrogen-bond acceptors (Lipinski definition) is 5. The van der Waals surface area contributed by atoms with Gasteiger partial charge in [-0.15, -0.1) is 0 Å². The SMILES string of the molecule is COC(=O)[C@@H]1Cc2c(ncn2Cc2ccc(O)c(C)c2)CN1C(=O)C(c1ccccc1)c1ccccc1. The molecule has 1 aromatic heterocycles. The molecule has 1 atom stereocenters. The number of aromatic nitrogens is 2. The summed E-state index contributed by atoms with van der Waals surface area (Å²) in [6.07, 6.45) is 2.06. The summed E-state index contributed by atoms with van der Waals surface area (Å²) >= 11 is 0. The number of phenolic OH excluding ortho intramolecular Hbond substituents is 1. The van der Waals surface area contributed by atoms with Gasteiger partial charge in [-0.25, -0.2) is 9.78 Å². The lowest BCUT2D eigenvalue weighted by Gasteiger charge is -2.36. The average molecular weight is 496 g/mol. The molecule has 3 aromatic carbocycles. The van der Waals surface area contributed by atoms with E-state index in [0.717, 1.165) is 33.6 Å². The number of amides is 1. The number of carbonyl (C=O) groups is 2. The van der Waals surface area contributed by atoms with Crippen molar-refractivity contribution in [2.45, 2.75) is 38.4 Å². The largest absolute Gasteiger partial charge is 0.508 e. The fourth-order valence-electron chi connectivity index (χ4n) is 5.04. The predicted molar refractivity (Wildman–Crippen MR) is 139 cm³/mol. The molecule has 1 N–H and O–H groups in total. The van der Waals surface area contributed by atoms with Gasteiger partial charge >= 0.3 is 5.97 Å². The molecule has 0 unspecified atom stereocenters. The Morgan fingerprint density at radius 3 is 2.27 bits per heavy atom. The van der Waals surface area contributed by atoms with Crippen LogP contribution in [0.15, 0.2) is 85.2 Å². The van der Waals surface area contributed by atoms with E-state index in [1.807, 2.05) is 84.3 Å². The molecule has 0 bridgehead atoms. The average Bonchev–Trinajstić information content (AvgIpc) is 3.32. The van der Waals surface area contributed by atoms with Crippen LogP contribution in [0.3, 0.4) is 0 Å². The molecular formula is C30H29N3O4. The van der Waals surface area contributed by atoms with Gasteiger partial charge in [0.15, 0.2) is 0 Å². The number of rotatable bonds is 6. The van der Waals surface area contributed by atoms with Gasteiger partial charge < -0.3 is 19.3 Å². The summed E-state index contributed by atoms with van der Waals surface area (Å²) in [4.78, 5) is 33.4. The number of esters is 1. The van der Waals surface area contributed by atoms with Crippen molar-refractivity contribution in [3.8, 4) is 5.75 Å². The number of carbonyl (C=O) groups excluding carboxylic acids is 2. The summed E-state index contributed by atoms with van der Waals surface area (Å²) in [6.45, 7) is 2.61. The van der Waals surface area contributed by atoms with Gasteiger partial charge in [0.25, 0.3) is 0 Å². The van der Waals surface area contributed by atoms with Gasteiger partial charge in [0, 0.05) is 18.7 Å². The summed E-state index contributed by atoms with van der Waals surface area (Å²) in [7, 11) is 1.35. The molecule has 37 heavy (non-hydrogen) atoms. The maximum atomic E-state index is 14.2. The van der Waals surface area contributed by atoms with Crippen molar-refractivity contribution in [1.29, 1.82) is 0 Å². The number of aryl methyl sites for hydroxylation is 1. The number of methoxy groups -OCH3 is 1. The molecule has 0 aliphatic carbocycles. The van der Waals surface area contributed by atoms with Crippen LogP contribution in [0.4, 0.5) is 0 Å². The highest BCUT2D eigenvalue weighted by Gasteiger charge is 2.40. The van der Waals surface area contributed by atoms with Crippen LogP contribution in [0, 0.1) is 6.92 Å². The first kappa shape index (κ1) is 24.3. The Morgan fingerprint density at radius 2 is 1.68 bits per heavy atom. The number of benzene rings is 3. The van der Waals surface area contributed by atoms with Gasteiger partial charge in [-0.1, -0.05) is 72.8 Å². The highest BCUT2D eigenvalue weighted by molar-refractivity contribution is 5.91. The second-order valence-corrected chi connectivity index (χ2v) is 9.35. The standard InChI is InChI=1S/C30H29N3O4/c1-20-15-21(13-14-27(20)34)17-32-19-31-24-18-33(26(16-25(24)32)30(36)37-2)29(35)28(22-9-5-3-6-10-22)23-11-7-4-8-12-23/h3-15,19,26,28,34H,16-18H2,1-2H3/t26-/m0/s1. The molecular weight excluding hydrogens is 466 g/mol. The lowest BCUT2D eigenvalue weighted by Crippen LogP contribution is -2.51. The monoisotopic (exact) mass is 495 g/mol. The summed E-state index contributed by atoms with van der Waals surface area (Å²) in [6, 6.07) is 24.0. The third kappa shape index (κ3) is 4.85. The summed E-state index contributed by atoms with van der Waals surface area (Å²) in [5.41, 5.74) is 5.20. The van der Waals surface area contributed by atoms with Crippen molar-refractivity contribution in [2.24, 2.45) is 0 Å². The second kappa shape index (κ2) is 10.3. The van der Waals surface area contributed by atoms with Crippen LogP contribution < -0.4 is 0 Å². The molecule has 0 saturated carbocycles. The quantitative estimate of drug-likeness (QED) is 0.405. The third-order valence-corrected chi connectivity index (χ3v) is 7.00. The highest BCUT2D eigenvalue weighted by Crippen LogP contribution is 2.32. The van der Waals surface area contributed by atoms with Gasteiger partial charge in [-0.3, -0.25) is 4.79 Å². The van der Waals surface area contributed by atoms with E-state index in [9.17, 15) is 14.7 Å². The van der Waals surface area contributed by atoms with E-state index in [2.05, 4.69) is 4.98 Å². The summed E-state index contributed by atoms with van der Waals surface area (Å²) in [5.74, 6) is -0.921. The Hall–Kier alpha value is -4.39. The molecule has 0 spiro atoms. The minimum atomic E-state index is -0.767. The first-order valence-corrected chi connectivity index (χ1v) is 12.3. The molecule has 1 amide bonds. The van der Waals surface area contributed by atoms with Crippen LogP contribution in [0.2, 0.25) is 0 Å². The van der Waals surface area contributed by atoms with Crippen molar-refractivity contribution in [2.75, 3.05) is 7.11 Å². The number of aromatic hydroxyl groups is 1. The van der Waals surface area contributed by atoms with Crippen molar-refractivity contribution in [1.82, 2.24) is 14.5 Å². The molecule has 4 aromatic rings. The number of imidazole rings is 1. The smallest absolute Gasteiger partial charge is 0.328 e. The summed E-state index contributed by atoms with van der Waals surface area (Å²) < 4.78 is 7.15. The van der Waals surface area contributed by atoms with Crippen molar-refractivity contribution >= 4 is 11.9 Å². The zero-order chi connectivity index (χ0) is 25.9. The maximum absolute atomic E-state index is 14.2. The van der Waals surface area contributed by atoms with E-state index in [1.54, 1.807) is 17.3 Å². The normalized spacial score (nSPS) is 14.9. The first-order valence-electron chi connectivity index (χ1n) is 12.3. The Balaban J connectivity index is 1.50. The molecule has 7 nitrogen and oxygen atoms in total. The van der Waals surface area contributed by atoms with E-state index >= 15 is 0 Å². The van der Waals surface area contributed by atoms with Crippen LogP contribution in [0.1, 0.15) is 39.6 Å². The van der Waals surface area contributed by atoms with Crippen LogP contribution in [-0.2, 0) is 33.8 Å². The fourth-order valence-corrected chi connectivity index (χ4v) is 5.04. The molecule has 188 valence electrons. The van der Waals surface area contributed by atoms with Gasteiger partial charge in [-0.2, -0.15) is 0 Å².